The lowest BCUT2D eigenvalue weighted by molar-refractivity contribution is -0.116. The normalized spacial score (nSPS) is 10.2. The van der Waals surface area contributed by atoms with Crippen LogP contribution in [0.5, 0.6) is 5.75 Å². The number of carbonyl (C=O) groups excluding carboxylic acids is 1. The average Bonchev–Trinajstić information content (AvgIpc) is 2.87. The van der Waals surface area contributed by atoms with Gasteiger partial charge < -0.3 is 10.1 Å². The number of amides is 1. The molecule has 1 aromatic heterocycles. The Labute approximate surface area is 115 Å². The summed E-state index contributed by atoms with van der Waals surface area (Å²) in [6.07, 6.45) is 1.31. The van der Waals surface area contributed by atoms with Gasteiger partial charge in [0.15, 0.2) is 5.82 Å². The Morgan fingerprint density at radius 2 is 2.11 bits per heavy atom. The van der Waals surface area contributed by atoms with Crippen LogP contribution in [0.4, 0.5) is 5.13 Å². The molecule has 0 aliphatic carbocycles. The molecular formula is C13H15N3O2S. The number of carbonyl (C=O) groups is 1. The Morgan fingerprint density at radius 3 is 2.74 bits per heavy atom. The van der Waals surface area contributed by atoms with Gasteiger partial charge in [-0.3, -0.25) is 4.79 Å². The van der Waals surface area contributed by atoms with Crippen molar-refractivity contribution in [2.45, 2.75) is 19.8 Å². The first-order valence-corrected chi connectivity index (χ1v) is 6.78. The molecule has 0 unspecified atom stereocenters. The van der Waals surface area contributed by atoms with Crippen LogP contribution >= 0.6 is 11.5 Å². The molecule has 5 nitrogen and oxygen atoms in total. The van der Waals surface area contributed by atoms with Gasteiger partial charge >= 0.3 is 0 Å². The molecule has 6 heteroatoms. The van der Waals surface area contributed by atoms with E-state index >= 15 is 0 Å². The van der Waals surface area contributed by atoms with Crippen LogP contribution in [0.1, 0.15) is 19.8 Å². The Kier molecular flexibility index (Phi) is 4.46. The maximum Gasteiger partial charge on any atom is 0.226 e. The van der Waals surface area contributed by atoms with E-state index < -0.39 is 0 Å². The van der Waals surface area contributed by atoms with E-state index in [0.717, 1.165) is 17.7 Å². The van der Waals surface area contributed by atoms with Gasteiger partial charge in [0.25, 0.3) is 0 Å². The van der Waals surface area contributed by atoms with E-state index in [2.05, 4.69) is 14.7 Å². The molecule has 1 N–H and O–H groups in total. The molecule has 0 saturated heterocycles. The molecule has 100 valence electrons. The summed E-state index contributed by atoms with van der Waals surface area (Å²) in [5.41, 5.74) is 0.896. The van der Waals surface area contributed by atoms with E-state index in [1.807, 2.05) is 31.2 Å². The zero-order valence-corrected chi connectivity index (χ0v) is 11.7. The highest BCUT2D eigenvalue weighted by atomic mass is 32.1. The lowest BCUT2D eigenvalue weighted by Gasteiger charge is -2.00. The minimum atomic E-state index is -0.0278. The molecular weight excluding hydrogens is 262 g/mol. The fraction of sp³-hybridized carbons (Fsp3) is 0.308. The van der Waals surface area contributed by atoms with Crippen LogP contribution in [0.2, 0.25) is 0 Å². The first-order valence-electron chi connectivity index (χ1n) is 6.01. The van der Waals surface area contributed by atoms with Gasteiger partial charge in [0.05, 0.1) is 7.11 Å². The van der Waals surface area contributed by atoms with E-state index in [4.69, 9.17) is 4.74 Å². The van der Waals surface area contributed by atoms with Gasteiger partial charge in [0, 0.05) is 23.5 Å². The van der Waals surface area contributed by atoms with Crippen molar-refractivity contribution in [2.75, 3.05) is 12.4 Å². The van der Waals surface area contributed by atoms with Crippen LogP contribution in [0.25, 0.3) is 11.4 Å². The molecule has 1 amide bonds. The van der Waals surface area contributed by atoms with E-state index in [1.54, 1.807) is 7.11 Å². The molecule has 2 aromatic rings. The third-order valence-electron chi connectivity index (χ3n) is 2.50. The molecule has 1 heterocycles. The fourth-order valence-corrected chi connectivity index (χ4v) is 2.15. The second kappa shape index (κ2) is 6.29. The van der Waals surface area contributed by atoms with Gasteiger partial charge in [-0.05, 0) is 30.7 Å². The van der Waals surface area contributed by atoms with Gasteiger partial charge in [-0.1, -0.05) is 6.92 Å². The summed E-state index contributed by atoms with van der Waals surface area (Å²) < 4.78 is 9.32. The topological polar surface area (TPSA) is 64.1 Å². The van der Waals surface area contributed by atoms with E-state index in [9.17, 15) is 4.79 Å². The third-order valence-corrected chi connectivity index (χ3v) is 3.13. The van der Waals surface area contributed by atoms with E-state index in [0.29, 0.717) is 17.4 Å². The Hall–Kier alpha value is -1.95. The number of anilines is 1. The zero-order chi connectivity index (χ0) is 13.7. The number of nitrogens with one attached hydrogen (secondary N) is 1. The van der Waals surface area contributed by atoms with Crippen molar-refractivity contribution in [3.05, 3.63) is 24.3 Å². The highest BCUT2D eigenvalue weighted by Crippen LogP contribution is 2.23. The van der Waals surface area contributed by atoms with Crippen molar-refractivity contribution in [3.8, 4) is 17.1 Å². The summed E-state index contributed by atoms with van der Waals surface area (Å²) in [6.45, 7) is 1.96. The number of methoxy groups -OCH3 is 1. The lowest BCUT2D eigenvalue weighted by Crippen LogP contribution is -2.10. The molecule has 2 rings (SSSR count). The maximum absolute atomic E-state index is 11.5. The summed E-state index contributed by atoms with van der Waals surface area (Å²) in [5, 5.41) is 3.27. The van der Waals surface area contributed by atoms with Crippen molar-refractivity contribution >= 4 is 22.6 Å². The maximum atomic E-state index is 11.5. The second-order valence-corrected chi connectivity index (χ2v) is 4.70. The number of hydrogen-bond acceptors (Lipinski definition) is 5. The van der Waals surface area contributed by atoms with Gasteiger partial charge in [-0.15, -0.1) is 0 Å². The van der Waals surface area contributed by atoms with E-state index in [-0.39, 0.29) is 5.91 Å². The van der Waals surface area contributed by atoms with Crippen LogP contribution in [0.15, 0.2) is 24.3 Å². The Morgan fingerprint density at radius 1 is 1.37 bits per heavy atom. The summed E-state index contributed by atoms with van der Waals surface area (Å²) in [4.78, 5) is 15.7. The lowest BCUT2D eigenvalue weighted by atomic mass is 10.2. The number of rotatable bonds is 5. The summed E-state index contributed by atoms with van der Waals surface area (Å²) in [5.74, 6) is 1.37. The van der Waals surface area contributed by atoms with Crippen LogP contribution in [0.3, 0.4) is 0 Å². The molecule has 0 aliphatic rings. The molecule has 0 fully saturated rings. The first kappa shape index (κ1) is 13.5. The van der Waals surface area contributed by atoms with Crippen molar-refractivity contribution in [2.24, 2.45) is 0 Å². The fourth-order valence-electron chi connectivity index (χ4n) is 1.54. The number of hydrogen-bond donors (Lipinski definition) is 1. The van der Waals surface area contributed by atoms with Gasteiger partial charge in [0.1, 0.15) is 5.75 Å². The van der Waals surface area contributed by atoms with Crippen molar-refractivity contribution in [1.29, 1.82) is 0 Å². The predicted molar refractivity (Wildman–Crippen MR) is 75.4 cm³/mol. The largest absolute Gasteiger partial charge is 0.497 e. The average molecular weight is 277 g/mol. The summed E-state index contributed by atoms with van der Waals surface area (Å²) >= 11 is 1.18. The van der Waals surface area contributed by atoms with Crippen LogP contribution < -0.4 is 10.1 Å². The van der Waals surface area contributed by atoms with Gasteiger partial charge in [-0.2, -0.15) is 9.36 Å². The van der Waals surface area contributed by atoms with Crippen LogP contribution in [0, 0.1) is 0 Å². The zero-order valence-electron chi connectivity index (χ0n) is 10.8. The third kappa shape index (κ3) is 3.51. The number of aromatic nitrogens is 2. The molecule has 0 bridgehead atoms. The Balaban J connectivity index is 2.09. The smallest absolute Gasteiger partial charge is 0.226 e. The second-order valence-electron chi connectivity index (χ2n) is 3.95. The quantitative estimate of drug-likeness (QED) is 0.912. The minimum absolute atomic E-state index is 0.0278. The first-order chi connectivity index (χ1) is 9.22. The van der Waals surface area contributed by atoms with Crippen LogP contribution in [-0.2, 0) is 4.79 Å². The highest BCUT2D eigenvalue weighted by molar-refractivity contribution is 7.10. The molecule has 0 saturated carbocycles. The van der Waals surface area contributed by atoms with Gasteiger partial charge in [-0.25, -0.2) is 0 Å². The summed E-state index contributed by atoms with van der Waals surface area (Å²) in [7, 11) is 1.62. The van der Waals surface area contributed by atoms with Gasteiger partial charge in [0.2, 0.25) is 11.0 Å². The number of benzene rings is 1. The number of ether oxygens (including phenoxy) is 1. The molecule has 0 spiro atoms. The SMILES string of the molecule is CCCC(=O)Nc1nc(-c2ccc(OC)cc2)ns1. The predicted octanol–water partition coefficient (Wildman–Crippen LogP) is 2.95. The minimum Gasteiger partial charge on any atom is -0.497 e. The van der Waals surface area contributed by atoms with Crippen molar-refractivity contribution < 1.29 is 9.53 Å². The molecule has 0 atom stereocenters. The van der Waals surface area contributed by atoms with E-state index in [1.165, 1.54) is 11.5 Å². The monoisotopic (exact) mass is 277 g/mol. The Bertz CT molecular complexity index is 551. The molecule has 19 heavy (non-hydrogen) atoms. The van der Waals surface area contributed by atoms with Crippen LogP contribution in [-0.4, -0.2) is 22.4 Å². The van der Waals surface area contributed by atoms with Crippen molar-refractivity contribution in [1.82, 2.24) is 9.36 Å². The standard InChI is InChI=1S/C13H15N3O2S/c1-3-4-11(17)14-13-15-12(16-19-13)9-5-7-10(18-2)8-6-9/h5-8H,3-4H2,1-2H3,(H,14,15,16,17). The molecule has 0 radical (unpaired) electrons. The molecule has 1 aromatic carbocycles. The number of nitrogens with zero attached hydrogens (tertiary/aromatic N) is 2. The highest BCUT2D eigenvalue weighted by Gasteiger charge is 2.09. The van der Waals surface area contributed by atoms with Crippen molar-refractivity contribution in [3.63, 3.8) is 0 Å². The summed E-state index contributed by atoms with van der Waals surface area (Å²) in [6, 6.07) is 7.48. The molecule has 0 aliphatic heterocycles.